The van der Waals surface area contributed by atoms with Crippen LogP contribution in [0.3, 0.4) is 0 Å². The number of aryl methyl sites for hydroxylation is 1. The molecule has 0 aliphatic heterocycles. The molecule has 0 aliphatic rings. The van der Waals surface area contributed by atoms with Crippen molar-refractivity contribution >= 4 is 29.2 Å². The number of hydrogen-bond donors (Lipinski definition) is 1. The maximum atomic E-state index is 13.6. The van der Waals surface area contributed by atoms with Crippen molar-refractivity contribution in [1.82, 2.24) is 9.78 Å². The second kappa shape index (κ2) is 12.6. The van der Waals surface area contributed by atoms with Gasteiger partial charge < -0.3 is 24.8 Å². The van der Waals surface area contributed by atoms with Gasteiger partial charge in [-0.15, -0.1) is 5.06 Å². The number of amides is 1. The van der Waals surface area contributed by atoms with E-state index >= 15 is 0 Å². The van der Waals surface area contributed by atoms with Crippen LogP contribution in [0.4, 0.5) is 32.0 Å². The number of carbonyl (C=O) groups excluding carboxylic acids is 2. The van der Waals surface area contributed by atoms with E-state index in [4.69, 9.17) is 31.5 Å². The summed E-state index contributed by atoms with van der Waals surface area (Å²) in [7, 11) is 2.67. The van der Waals surface area contributed by atoms with E-state index in [1.54, 1.807) is 0 Å². The first-order valence-electron chi connectivity index (χ1n) is 11.3. The highest BCUT2D eigenvalue weighted by Crippen LogP contribution is 2.39. The first kappa shape index (κ1) is 31.3. The minimum Gasteiger partial charge on any atom is -0.497 e. The number of benzene rings is 2. The lowest BCUT2D eigenvalue weighted by molar-refractivity contribution is -0.199. The number of ether oxygens (including phenoxy) is 3. The summed E-state index contributed by atoms with van der Waals surface area (Å²) in [6.07, 6.45) is -9.11. The highest BCUT2D eigenvalue weighted by Gasteiger charge is 2.44. The number of alkyl halides is 6. The summed E-state index contributed by atoms with van der Waals surface area (Å²) in [5.41, 5.74) is 4.61. The summed E-state index contributed by atoms with van der Waals surface area (Å²) in [5, 5.41) is 4.03. The maximum absolute atomic E-state index is 13.6. The second-order valence-corrected chi connectivity index (χ2v) is 8.43. The van der Waals surface area contributed by atoms with Crippen LogP contribution >= 0.6 is 11.6 Å². The van der Waals surface area contributed by atoms with Gasteiger partial charge in [0.05, 0.1) is 35.3 Å². The molecule has 1 heterocycles. The van der Waals surface area contributed by atoms with Crippen LogP contribution in [0.25, 0.3) is 11.3 Å². The van der Waals surface area contributed by atoms with Gasteiger partial charge in [0.2, 0.25) is 0 Å². The van der Waals surface area contributed by atoms with E-state index in [0.717, 1.165) is 30.3 Å². The Hall–Kier alpha value is -4.18. The average molecular weight is 611 g/mol. The van der Waals surface area contributed by atoms with E-state index in [9.17, 15) is 35.9 Å². The fraction of sp³-hybridized carbons (Fsp3) is 0.292. The molecule has 0 atom stereocenters. The van der Waals surface area contributed by atoms with Crippen LogP contribution in [-0.2, 0) is 16.7 Å². The standard InChI is InChI=1S/C24H21ClF6N4O6/c1-34-20(17(25)11-33-34)15-9-13(3-5-18(15)39-8-7-32)35(41-22(37)24(29,30)31)21(36)16-10-14(38-2)4-6-19(16)40-12-23(26,27)28/h3-6,9-11H,7-8,12,32H2,1-2H3. The molecule has 17 heteroatoms. The fourth-order valence-electron chi connectivity index (χ4n) is 3.38. The monoisotopic (exact) mass is 610 g/mol. The average Bonchev–Trinajstić information content (AvgIpc) is 3.25. The molecule has 0 fully saturated rings. The first-order valence-corrected chi connectivity index (χ1v) is 11.7. The van der Waals surface area contributed by atoms with Crippen molar-refractivity contribution in [2.24, 2.45) is 12.8 Å². The maximum Gasteiger partial charge on any atom is 0.493 e. The number of halogens is 7. The molecule has 2 N–H and O–H groups in total. The number of methoxy groups -OCH3 is 1. The van der Waals surface area contributed by atoms with Crippen LogP contribution < -0.4 is 25.0 Å². The Morgan fingerprint density at radius 1 is 1.05 bits per heavy atom. The van der Waals surface area contributed by atoms with Gasteiger partial charge in [0.25, 0.3) is 5.91 Å². The summed E-state index contributed by atoms with van der Waals surface area (Å²) in [5.74, 6) is -4.93. The van der Waals surface area contributed by atoms with Gasteiger partial charge in [0.15, 0.2) is 6.61 Å². The number of anilines is 1. The summed E-state index contributed by atoms with van der Waals surface area (Å²) in [6.45, 7) is -1.74. The number of hydrogen-bond acceptors (Lipinski definition) is 8. The van der Waals surface area contributed by atoms with Gasteiger partial charge in [-0.3, -0.25) is 9.48 Å². The number of carbonyl (C=O) groups is 2. The predicted molar refractivity (Wildman–Crippen MR) is 132 cm³/mol. The van der Waals surface area contributed by atoms with Crippen LogP contribution in [0.5, 0.6) is 17.2 Å². The van der Waals surface area contributed by atoms with Gasteiger partial charge in [0, 0.05) is 19.2 Å². The number of aromatic nitrogens is 2. The van der Waals surface area contributed by atoms with Crippen molar-refractivity contribution in [2.75, 3.05) is 31.9 Å². The van der Waals surface area contributed by atoms with E-state index in [2.05, 4.69) is 9.94 Å². The van der Waals surface area contributed by atoms with Crippen LogP contribution in [0.1, 0.15) is 10.4 Å². The molecule has 0 unspecified atom stereocenters. The molecule has 3 rings (SSSR count). The van der Waals surface area contributed by atoms with Crippen molar-refractivity contribution in [2.45, 2.75) is 12.4 Å². The Balaban J connectivity index is 2.20. The number of hydroxylamine groups is 1. The molecule has 0 saturated heterocycles. The number of nitrogens with two attached hydrogens (primary N) is 1. The van der Waals surface area contributed by atoms with E-state index in [1.807, 2.05) is 0 Å². The molecule has 0 bridgehead atoms. The number of nitrogens with zero attached hydrogens (tertiary/aromatic N) is 3. The molecule has 0 radical (unpaired) electrons. The predicted octanol–water partition coefficient (Wildman–Crippen LogP) is 4.70. The van der Waals surface area contributed by atoms with E-state index in [-0.39, 0.29) is 46.0 Å². The zero-order chi connectivity index (χ0) is 30.5. The Morgan fingerprint density at radius 3 is 2.29 bits per heavy atom. The second-order valence-electron chi connectivity index (χ2n) is 8.02. The van der Waals surface area contributed by atoms with Gasteiger partial charge in [-0.1, -0.05) is 11.6 Å². The van der Waals surface area contributed by atoms with Gasteiger partial charge in [-0.2, -0.15) is 31.4 Å². The molecule has 1 aromatic heterocycles. The van der Waals surface area contributed by atoms with Gasteiger partial charge in [-0.05, 0) is 36.4 Å². The summed E-state index contributed by atoms with van der Waals surface area (Å²) < 4.78 is 94.7. The Bertz CT molecular complexity index is 1390. The smallest absolute Gasteiger partial charge is 0.493 e. The number of rotatable bonds is 9. The van der Waals surface area contributed by atoms with Crippen molar-refractivity contribution in [3.05, 3.63) is 53.2 Å². The van der Waals surface area contributed by atoms with Crippen molar-refractivity contribution in [1.29, 1.82) is 0 Å². The van der Waals surface area contributed by atoms with Crippen LogP contribution in [0.15, 0.2) is 42.6 Å². The normalized spacial score (nSPS) is 11.7. The van der Waals surface area contributed by atoms with Crippen molar-refractivity contribution in [3.8, 4) is 28.5 Å². The third-order valence-electron chi connectivity index (χ3n) is 5.12. The molecular formula is C24H21ClF6N4O6. The van der Waals surface area contributed by atoms with E-state index in [0.29, 0.717) is 0 Å². The van der Waals surface area contributed by atoms with Crippen LogP contribution in [0.2, 0.25) is 5.02 Å². The fourth-order valence-corrected chi connectivity index (χ4v) is 3.65. The zero-order valence-corrected chi connectivity index (χ0v) is 21.9. The summed E-state index contributed by atoms with van der Waals surface area (Å²) in [6, 6.07) is 6.40. The van der Waals surface area contributed by atoms with Gasteiger partial charge in [0.1, 0.15) is 23.9 Å². The third kappa shape index (κ3) is 7.73. The SMILES string of the molecule is COc1ccc(OCC(F)(F)F)c(C(=O)N(OC(=O)C(F)(F)F)c2ccc(OCCN)c(-c3c(Cl)cnn3C)c2)c1. The zero-order valence-electron chi connectivity index (χ0n) is 21.2. The third-order valence-corrected chi connectivity index (χ3v) is 5.40. The van der Waals surface area contributed by atoms with Gasteiger partial charge in [-0.25, -0.2) is 4.79 Å². The Labute approximate surface area is 233 Å². The minimum atomic E-state index is -5.55. The lowest BCUT2D eigenvalue weighted by Gasteiger charge is -2.24. The lowest BCUT2D eigenvalue weighted by Crippen LogP contribution is -2.39. The van der Waals surface area contributed by atoms with Crippen molar-refractivity contribution in [3.63, 3.8) is 0 Å². The molecule has 3 aromatic rings. The first-order chi connectivity index (χ1) is 19.2. The van der Waals surface area contributed by atoms with Crippen LogP contribution in [-0.4, -0.2) is 60.9 Å². The molecule has 1 amide bonds. The summed E-state index contributed by atoms with van der Waals surface area (Å²) in [4.78, 5) is 29.9. The topological polar surface area (TPSA) is 118 Å². The Morgan fingerprint density at radius 2 is 1.73 bits per heavy atom. The highest BCUT2D eigenvalue weighted by atomic mass is 35.5. The van der Waals surface area contributed by atoms with E-state index in [1.165, 1.54) is 31.1 Å². The molecule has 0 spiro atoms. The lowest BCUT2D eigenvalue weighted by atomic mass is 10.1. The minimum absolute atomic E-state index is 0.0111. The van der Waals surface area contributed by atoms with E-state index < -0.39 is 47.8 Å². The van der Waals surface area contributed by atoms with Gasteiger partial charge >= 0.3 is 18.3 Å². The molecule has 0 saturated carbocycles. The Kier molecular flexibility index (Phi) is 9.60. The molecule has 222 valence electrons. The largest absolute Gasteiger partial charge is 0.497 e. The molecule has 0 aliphatic carbocycles. The summed E-state index contributed by atoms with van der Waals surface area (Å²) >= 11 is 6.25. The van der Waals surface area contributed by atoms with Crippen LogP contribution in [0, 0.1) is 0 Å². The molecule has 41 heavy (non-hydrogen) atoms. The highest BCUT2D eigenvalue weighted by molar-refractivity contribution is 6.33. The quantitative estimate of drug-likeness (QED) is 0.274. The molecular weight excluding hydrogens is 590 g/mol. The molecule has 2 aromatic carbocycles. The van der Waals surface area contributed by atoms with Crippen molar-refractivity contribution < 1.29 is 55.0 Å². The molecule has 10 nitrogen and oxygen atoms in total.